The highest BCUT2D eigenvalue weighted by Crippen LogP contribution is 2.23. The van der Waals surface area contributed by atoms with Crippen LogP contribution in [-0.4, -0.2) is 55.5 Å². The van der Waals surface area contributed by atoms with Gasteiger partial charge in [-0.1, -0.05) is 13.8 Å². The molecule has 7 nitrogen and oxygen atoms in total. The summed E-state index contributed by atoms with van der Waals surface area (Å²) >= 11 is 0.981. The van der Waals surface area contributed by atoms with Crippen LogP contribution in [-0.2, 0) is 14.8 Å². The van der Waals surface area contributed by atoms with E-state index < -0.39 is 10.0 Å². The Bertz CT molecular complexity index is 551. The number of likely N-dealkylation sites (N-methyl/N-ethyl adjacent to an activating group) is 1. The highest BCUT2D eigenvalue weighted by atomic mass is 32.2. The van der Waals surface area contributed by atoms with Crippen molar-refractivity contribution >= 4 is 32.6 Å². The Hall–Kier alpha value is -1.22. The van der Waals surface area contributed by atoms with Crippen LogP contribution < -0.4 is 4.31 Å². The summed E-state index contributed by atoms with van der Waals surface area (Å²) in [4.78, 5) is 17.2. The van der Waals surface area contributed by atoms with E-state index in [0.29, 0.717) is 5.82 Å². The third-order valence-corrected chi connectivity index (χ3v) is 4.31. The van der Waals surface area contributed by atoms with Crippen molar-refractivity contribution in [2.75, 3.05) is 31.2 Å². The lowest BCUT2D eigenvalue weighted by molar-refractivity contribution is -0.127. The second kappa shape index (κ2) is 5.83. The molecule has 0 aliphatic rings. The van der Waals surface area contributed by atoms with Crippen LogP contribution in [0.5, 0.6) is 0 Å². The van der Waals surface area contributed by atoms with Gasteiger partial charge in [-0.2, -0.15) is 4.37 Å². The van der Waals surface area contributed by atoms with Crippen molar-refractivity contribution in [1.29, 1.82) is 0 Å². The van der Waals surface area contributed by atoms with Crippen LogP contribution in [0.1, 0.15) is 25.6 Å². The van der Waals surface area contributed by atoms with Crippen molar-refractivity contribution in [3.05, 3.63) is 5.82 Å². The highest BCUT2D eigenvalue weighted by molar-refractivity contribution is 7.92. The number of aromatic nitrogens is 2. The van der Waals surface area contributed by atoms with E-state index in [0.717, 1.165) is 22.1 Å². The first-order valence-electron chi connectivity index (χ1n) is 5.64. The largest absolute Gasteiger partial charge is 0.347 e. The van der Waals surface area contributed by atoms with Gasteiger partial charge in [0.2, 0.25) is 21.1 Å². The molecule has 1 heterocycles. The SMILES string of the molecule is CC(C)c1nsc(N(CC(=O)N(C)C)S(C)(=O)=O)n1. The predicted molar refractivity (Wildman–Crippen MR) is 74.9 cm³/mol. The second-order valence-electron chi connectivity index (χ2n) is 4.65. The lowest BCUT2D eigenvalue weighted by Crippen LogP contribution is -2.39. The van der Waals surface area contributed by atoms with Crippen molar-refractivity contribution < 1.29 is 13.2 Å². The van der Waals surface area contributed by atoms with E-state index in [9.17, 15) is 13.2 Å². The molecule has 0 fully saturated rings. The Morgan fingerprint density at radius 1 is 1.37 bits per heavy atom. The molecule has 0 aliphatic carbocycles. The first-order chi connectivity index (χ1) is 8.62. The number of carbonyl (C=O) groups is 1. The van der Waals surface area contributed by atoms with E-state index >= 15 is 0 Å². The normalized spacial score (nSPS) is 11.7. The Labute approximate surface area is 117 Å². The molecule has 0 unspecified atom stereocenters. The number of hydrogen-bond donors (Lipinski definition) is 0. The molecule has 1 aromatic rings. The molecule has 1 amide bonds. The quantitative estimate of drug-likeness (QED) is 0.791. The zero-order valence-electron chi connectivity index (χ0n) is 11.6. The Balaban J connectivity index is 3.07. The van der Waals surface area contributed by atoms with Gasteiger partial charge in [0, 0.05) is 31.5 Å². The van der Waals surface area contributed by atoms with Gasteiger partial charge in [-0.25, -0.2) is 17.7 Å². The first kappa shape index (κ1) is 15.8. The summed E-state index contributed by atoms with van der Waals surface area (Å²) in [5, 5.41) is 0.224. The van der Waals surface area contributed by atoms with Gasteiger partial charge < -0.3 is 4.90 Å². The second-order valence-corrected chi connectivity index (χ2v) is 7.28. The molecular formula is C10H18N4O3S2. The topological polar surface area (TPSA) is 83.5 Å². The van der Waals surface area contributed by atoms with E-state index in [1.165, 1.54) is 4.90 Å². The van der Waals surface area contributed by atoms with Crippen LogP contribution in [0, 0.1) is 0 Å². The third-order valence-electron chi connectivity index (χ3n) is 2.34. The molecular weight excluding hydrogens is 288 g/mol. The Morgan fingerprint density at radius 3 is 2.32 bits per heavy atom. The van der Waals surface area contributed by atoms with Crippen molar-refractivity contribution in [3.63, 3.8) is 0 Å². The molecule has 0 aromatic carbocycles. The van der Waals surface area contributed by atoms with Gasteiger partial charge in [0.15, 0.2) is 0 Å². The smallest absolute Gasteiger partial charge is 0.242 e. The highest BCUT2D eigenvalue weighted by Gasteiger charge is 2.25. The molecule has 0 radical (unpaired) electrons. The Morgan fingerprint density at radius 2 is 1.95 bits per heavy atom. The summed E-state index contributed by atoms with van der Waals surface area (Å²) in [5.74, 6) is 0.369. The molecule has 1 rings (SSSR count). The van der Waals surface area contributed by atoms with Crippen LogP contribution in [0.4, 0.5) is 5.13 Å². The number of nitrogens with zero attached hydrogens (tertiary/aromatic N) is 4. The van der Waals surface area contributed by atoms with E-state index in [4.69, 9.17) is 0 Å². The fraction of sp³-hybridized carbons (Fsp3) is 0.700. The molecule has 0 aliphatic heterocycles. The van der Waals surface area contributed by atoms with E-state index in [-0.39, 0.29) is 23.5 Å². The molecule has 0 spiro atoms. The predicted octanol–water partition coefficient (Wildman–Crippen LogP) is 0.516. The summed E-state index contributed by atoms with van der Waals surface area (Å²) in [6.45, 7) is 3.57. The third kappa shape index (κ3) is 4.13. The number of hydrogen-bond acceptors (Lipinski definition) is 6. The molecule has 19 heavy (non-hydrogen) atoms. The van der Waals surface area contributed by atoms with E-state index in [2.05, 4.69) is 9.36 Å². The van der Waals surface area contributed by atoms with Crippen LogP contribution in [0.2, 0.25) is 0 Å². The van der Waals surface area contributed by atoms with Gasteiger partial charge in [-0.3, -0.25) is 4.79 Å². The molecule has 9 heteroatoms. The van der Waals surface area contributed by atoms with Crippen LogP contribution in [0.3, 0.4) is 0 Å². The molecule has 0 saturated carbocycles. The summed E-state index contributed by atoms with van der Waals surface area (Å²) < 4.78 is 28.6. The van der Waals surface area contributed by atoms with Crippen molar-refractivity contribution in [2.45, 2.75) is 19.8 Å². The Kier molecular flexibility index (Phi) is 4.86. The number of rotatable bonds is 5. The summed E-state index contributed by atoms with van der Waals surface area (Å²) in [6, 6.07) is 0. The van der Waals surface area contributed by atoms with E-state index in [1.807, 2.05) is 13.8 Å². The van der Waals surface area contributed by atoms with Gasteiger partial charge in [0.1, 0.15) is 12.4 Å². The van der Waals surface area contributed by atoms with E-state index in [1.54, 1.807) is 14.1 Å². The minimum Gasteiger partial charge on any atom is -0.347 e. The molecule has 0 bridgehead atoms. The maximum Gasteiger partial charge on any atom is 0.242 e. The summed E-state index contributed by atoms with van der Waals surface area (Å²) in [5.41, 5.74) is 0. The maximum absolute atomic E-state index is 11.8. The lowest BCUT2D eigenvalue weighted by Gasteiger charge is -2.20. The number of sulfonamides is 1. The molecule has 0 N–H and O–H groups in total. The zero-order valence-corrected chi connectivity index (χ0v) is 13.2. The fourth-order valence-electron chi connectivity index (χ4n) is 1.15. The lowest BCUT2D eigenvalue weighted by atomic mass is 10.2. The zero-order chi connectivity index (χ0) is 14.8. The molecule has 1 aromatic heterocycles. The van der Waals surface area contributed by atoms with Gasteiger partial charge in [0.05, 0.1) is 6.26 Å². The molecule has 0 saturated heterocycles. The molecule has 108 valence electrons. The van der Waals surface area contributed by atoms with Crippen LogP contribution in [0.15, 0.2) is 0 Å². The standard InChI is InChI=1S/C10H18N4O3S2/c1-7(2)9-11-10(18-12-9)14(19(5,16)17)6-8(15)13(3)4/h7H,6H2,1-5H3. The van der Waals surface area contributed by atoms with Gasteiger partial charge >= 0.3 is 0 Å². The van der Waals surface area contributed by atoms with Crippen molar-refractivity contribution in [1.82, 2.24) is 14.3 Å². The average Bonchev–Trinajstić information content (AvgIpc) is 2.72. The van der Waals surface area contributed by atoms with Crippen molar-refractivity contribution in [2.24, 2.45) is 0 Å². The fourth-order valence-corrected chi connectivity index (χ4v) is 3.05. The van der Waals surface area contributed by atoms with Gasteiger partial charge in [-0.15, -0.1) is 0 Å². The molecule has 0 atom stereocenters. The minimum atomic E-state index is -3.57. The van der Waals surface area contributed by atoms with Gasteiger partial charge in [0.25, 0.3) is 0 Å². The monoisotopic (exact) mass is 306 g/mol. The number of amides is 1. The van der Waals surface area contributed by atoms with Crippen LogP contribution in [0.25, 0.3) is 0 Å². The van der Waals surface area contributed by atoms with Crippen LogP contribution >= 0.6 is 11.5 Å². The average molecular weight is 306 g/mol. The number of anilines is 1. The minimum absolute atomic E-state index is 0.107. The number of carbonyl (C=O) groups excluding carboxylic acids is 1. The maximum atomic E-state index is 11.8. The first-order valence-corrected chi connectivity index (χ1v) is 8.26. The van der Waals surface area contributed by atoms with Crippen molar-refractivity contribution in [3.8, 4) is 0 Å². The van der Waals surface area contributed by atoms with Gasteiger partial charge in [-0.05, 0) is 0 Å². The summed E-state index contributed by atoms with van der Waals surface area (Å²) in [7, 11) is -0.421. The summed E-state index contributed by atoms with van der Waals surface area (Å²) in [6.07, 6.45) is 1.05.